The Morgan fingerprint density at radius 1 is 1.27 bits per heavy atom. The van der Waals surface area contributed by atoms with Crippen molar-refractivity contribution >= 4 is 11.6 Å². The molecule has 15 heavy (non-hydrogen) atoms. The first-order chi connectivity index (χ1) is 7.25. The van der Waals surface area contributed by atoms with Gasteiger partial charge in [0.1, 0.15) is 5.15 Å². The van der Waals surface area contributed by atoms with E-state index in [1.165, 1.54) is 23.2 Å². The zero-order valence-corrected chi connectivity index (χ0v) is 8.42. The van der Waals surface area contributed by atoms with Crippen LogP contribution in [0.1, 0.15) is 5.69 Å². The fourth-order valence-corrected chi connectivity index (χ4v) is 1.20. The number of aromatic nitrogens is 4. The first-order valence-corrected chi connectivity index (χ1v) is 4.61. The molecule has 0 amide bonds. The molecular formula is C9H7ClN4O. The van der Waals surface area contributed by atoms with Crippen LogP contribution in [0.5, 0.6) is 0 Å². The Labute approximate surface area is 90.4 Å². The van der Waals surface area contributed by atoms with Crippen LogP contribution in [0, 0.1) is 0 Å². The third-order valence-corrected chi connectivity index (χ3v) is 1.98. The van der Waals surface area contributed by atoms with Gasteiger partial charge in [-0.3, -0.25) is 9.55 Å². The zero-order valence-electron chi connectivity index (χ0n) is 7.67. The van der Waals surface area contributed by atoms with Gasteiger partial charge in [0.2, 0.25) is 0 Å². The maximum atomic E-state index is 11.3. The van der Waals surface area contributed by atoms with E-state index < -0.39 is 0 Å². The molecule has 0 saturated carbocycles. The molecule has 6 heteroatoms. The van der Waals surface area contributed by atoms with Crippen LogP contribution in [0.3, 0.4) is 0 Å². The van der Waals surface area contributed by atoms with E-state index in [1.54, 1.807) is 12.3 Å². The summed E-state index contributed by atoms with van der Waals surface area (Å²) in [6.45, 7) is 0.344. The fourth-order valence-electron chi connectivity index (χ4n) is 1.10. The van der Waals surface area contributed by atoms with Crippen molar-refractivity contribution in [1.82, 2.24) is 19.5 Å². The largest absolute Gasteiger partial charge is 0.347 e. The van der Waals surface area contributed by atoms with Crippen molar-refractivity contribution in [3.05, 3.63) is 52.2 Å². The molecule has 5 nitrogen and oxygen atoms in total. The van der Waals surface area contributed by atoms with E-state index in [2.05, 4.69) is 15.0 Å². The lowest BCUT2D eigenvalue weighted by Crippen LogP contribution is -2.22. The van der Waals surface area contributed by atoms with Crippen LogP contribution < -0.4 is 5.69 Å². The molecule has 0 fully saturated rings. The van der Waals surface area contributed by atoms with Crippen molar-refractivity contribution in [2.75, 3.05) is 0 Å². The summed E-state index contributed by atoms with van der Waals surface area (Å²) in [5, 5.41) is 0.331. The van der Waals surface area contributed by atoms with Crippen molar-refractivity contribution in [1.29, 1.82) is 0 Å². The van der Waals surface area contributed by atoms with Crippen molar-refractivity contribution in [2.45, 2.75) is 6.54 Å². The number of hydrogen-bond acceptors (Lipinski definition) is 4. The molecule has 0 aliphatic rings. The summed E-state index contributed by atoms with van der Waals surface area (Å²) >= 11 is 5.59. The van der Waals surface area contributed by atoms with E-state index in [0.717, 1.165) is 0 Å². The number of nitrogens with zero attached hydrogens (tertiary/aromatic N) is 4. The number of hydrogen-bond donors (Lipinski definition) is 0. The van der Waals surface area contributed by atoms with Crippen LogP contribution in [-0.2, 0) is 6.54 Å². The van der Waals surface area contributed by atoms with Gasteiger partial charge in [0.05, 0.1) is 24.6 Å². The molecule has 0 radical (unpaired) electrons. The van der Waals surface area contributed by atoms with Crippen LogP contribution in [0.2, 0.25) is 5.15 Å². The highest BCUT2D eigenvalue weighted by Crippen LogP contribution is 2.01. The van der Waals surface area contributed by atoms with E-state index in [4.69, 9.17) is 11.6 Å². The van der Waals surface area contributed by atoms with E-state index in [-0.39, 0.29) is 5.69 Å². The van der Waals surface area contributed by atoms with Gasteiger partial charge in [-0.1, -0.05) is 11.6 Å². The van der Waals surface area contributed by atoms with Gasteiger partial charge in [-0.25, -0.2) is 14.8 Å². The molecule has 0 saturated heterocycles. The van der Waals surface area contributed by atoms with Crippen LogP contribution >= 0.6 is 11.6 Å². The Morgan fingerprint density at radius 2 is 2.13 bits per heavy atom. The fraction of sp³-hybridized carbons (Fsp3) is 0.111. The van der Waals surface area contributed by atoms with Crippen LogP contribution in [-0.4, -0.2) is 19.5 Å². The van der Waals surface area contributed by atoms with Crippen LogP contribution in [0.15, 0.2) is 35.6 Å². The lowest BCUT2D eigenvalue weighted by molar-refractivity contribution is 0.707. The normalized spacial score (nSPS) is 10.2. The molecule has 0 aromatic carbocycles. The molecule has 2 aromatic heterocycles. The van der Waals surface area contributed by atoms with E-state index in [1.807, 2.05) is 0 Å². The minimum atomic E-state index is -0.311. The first-order valence-electron chi connectivity index (χ1n) is 4.23. The molecule has 0 spiro atoms. The summed E-state index contributed by atoms with van der Waals surface area (Å²) in [6, 6.07) is 1.69. The molecular weight excluding hydrogens is 216 g/mol. The second-order valence-electron chi connectivity index (χ2n) is 2.86. The van der Waals surface area contributed by atoms with E-state index >= 15 is 0 Å². The lowest BCUT2D eigenvalue weighted by Gasteiger charge is -2.02. The highest BCUT2D eigenvalue weighted by Gasteiger charge is 1.99. The molecule has 0 unspecified atom stereocenters. The predicted octanol–water partition coefficient (Wildman–Crippen LogP) is 0.735. The van der Waals surface area contributed by atoms with Crippen LogP contribution in [0.25, 0.3) is 0 Å². The second-order valence-corrected chi connectivity index (χ2v) is 3.25. The lowest BCUT2D eigenvalue weighted by atomic mass is 10.4. The summed E-state index contributed by atoms with van der Waals surface area (Å²) in [7, 11) is 0. The van der Waals surface area contributed by atoms with Crippen molar-refractivity contribution in [2.24, 2.45) is 0 Å². The third-order valence-electron chi connectivity index (χ3n) is 1.79. The topological polar surface area (TPSA) is 60.7 Å². The third kappa shape index (κ3) is 2.38. The van der Waals surface area contributed by atoms with Gasteiger partial charge < -0.3 is 0 Å². The van der Waals surface area contributed by atoms with Crippen molar-refractivity contribution in [3.63, 3.8) is 0 Å². The predicted molar refractivity (Wildman–Crippen MR) is 54.6 cm³/mol. The summed E-state index contributed by atoms with van der Waals surface area (Å²) in [4.78, 5) is 22.8. The average Bonchev–Trinajstić information content (AvgIpc) is 2.25. The summed E-state index contributed by atoms with van der Waals surface area (Å²) in [6.07, 6.45) is 6.07. The Kier molecular flexibility index (Phi) is 2.73. The van der Waals surface area contributed by atoms with E-state index in [0.29, 0.717) is 17.4 Å². The highest BCUT2D eigenvalue weighted by atomic mass is 35.5. The quantitative estimate of drug-likeness (QED) is 0.752. The van der Waals surface area contributed by atoms with Gasteiger partial charge in [0, 0.05) is 12.4 Å². The summed E-state index contributed by atoms with van der Waals surface area (Å²) < 4.78 is 1.44. The SMILES string of the molecule is O=c1ncccn1Cc1cnc(Cl)cn1. The van der Waals surface area contributed by atoms with Gasteiger partial charge in [-0.05, 0) is 6.07 Å². The molecule has 2 rings (SSSR count). The molecule has 0 atom stereocenters. The van der Waals surface area contributed by atoms with Crippen molar-refractivity contribution in [3.8, 4) is 0 Å². The van der Waals surface area contributed by atoms with Crippen LogP contribution in [0.4, 0.5) is 0 Å². The average molecular weight is 223 g/mol. The maximum absolute atomic E-state index is 11.3. The number of rotatable bonds is 2. The monoisotopic (exact) mass is 222 g/mol. The Morgan fingerprint density at radius 3 is 2.80 bits per heavy atom. The van der Waals surface area contributed by atoms with E-state index in [9.17, 15) is 4.79 Å². The molecule has 0 bridgehead atoms. The van der Waals surface area contributed by atoms with Gasteiger partial charge in [-0.15, -0.1) is 0 Å². The van der Waals surface area contributed by atoms with Gasteiger partial charge >= 0.3 is 5.69 Å². The van der Waals surface area contributed by atoms with Gasteiger partial charge in [0.15, 0.2) is 0 Å². The molecule has 0 N–H and O–H groups in total. The molecule has 2 heterocycles. The highest BCUT2D eigenvalue weighted by molar-refractivity contribution is 6.29. The minimum absolute atomic E-state index is 0.311. The Balaban J connectivity index is 2.26. The maximum Gasteiger partial charge on any atom is 0.347 e. The molecule has 0 aliphatic heterocycles. The molecule has 2 aromatic rings. The minimum Gasteiger partial charge on any atom is -0.293 e. The molecule has 76 valence electrons. The van der Waals surface area contributed by atoms with Gasteiger partial charge in [-0.2, -0.15) is 0 Å². The first kappa shape index (κ1) is 9.79. The second kappa shape index (κ2) is 4.18. The smallest absolute Gasteiger partial charge is 0.293 e. The molecule has 0 aliphatic carbocycles. The standard InChI is InChI=1S/C9H7ClN4O/c10-8-5-12-7(4-13-8)6-14-3-1-2-11-9(14)15/h1-5H,6H2. The summed E-state index contributed by atoms with van der Waals surface area (Å²) in [5.74, 6) is 0. The Bertz CT molecular complexity index is 508. The Hall–Kier alpha value is -1.75. The van der Waals surface area contributed by atoms with Crippen molar-refractivity contribution < 1.29 is 0 Å². The zero-order chi connectivity index (χ0) is 10.7. The van der Waals surface area contributed by atoms with Gasteiger partial charge in [0.25, 0.3) is 0 Å². The number of halogens is 1. The summed E-state index contributed by atoms with van der Waals surface area (Å²) in [5.41, 5.74) is 0.351.